The van der Waals surface area contributed by atoms with Gasteiger partial charge in [-0.1, -0.05) is 50.8 Å². The van der Waals surface area contributed by atoms with Crippen molar-refractivity contribution in [2.45, 2.75) is 57.1 Å². The van der Waals surface area contributed by atoms with Crippen LogP contribution in [0.5, 0.6) is 0 Å². The van der Waals surface area contributed by atoms with Gasteiger partial charge in [0, 0.05) is 26.4 Å². The second-order valence-corrected chi connectivity index (χ2v) is 7.29. The fraction of sp³-hybridized carbons (Fsp3) is 0.647. The summed E-state index contributed by atoms with van der Waals surface area (Å²) in [6.45, 7) is 2.73. The third kappa shape index (κ3) is 4.38. The first-order valence-corrected chi connectivity index (χ1v) is 9.86. The normalized spacial score (nSPS) is 11.3. The third-order valence-electron chi connectivity index (χ3n) is 4.37. The summed E-state index contributed by atoms with van der Waals surface area (Å²) in [4.78, 5) is 39.9. The number of carboxylic acids is 1. The fourth-order valence-corrected chi connectivity index (χ4v) is 3.65. The van der Waals surface area contributed by atoms with E-state index in [1.54, 1.807) is 11.6 Å². The first-order valence-electron chi connectivity index (χ1n) is 8.87. The van der Waals surface area contributed by atoms with Crippen LogP contribution >= 0.6 is 11.8 Å². The van der Waals surface area contributed by atoms with Gasteiger partial charge in [0.2, 0.25) is 0 Å². The van der Waals surface area contributed by atoms with Crippen LogP contribution in [0.4, 0.5) is 0 Å². The molecule has 144 valence electrons. The third-order valence-corrected chi connectivity index (χ3v) is 5.32. The predicted octanol–water partition coefficient (Wildman–Crippen LogP) is 0.636. The van der Waals surface area contributed by atoms with E-state index in [0.29, 0.717) is 17.2 Å². The number of nitrogens with zero attached hydrogens (tertiary/aromatic N) is 4. The second kappa shape index (κ2) is 9.07. The molecule has 0 radical (unpaired) electrons. The minimum absolute atomic E-state index is 0.256. The molecule has 0 saturated carbocycles. The molecule has 8 nitrogen and oxygen atoms in total. The number of aromatic nitrogens is 4. The number of thioether (sulfide) groups is 1. The molecular weight excluding hydrogens is 356 g/mol. The molecule has 2 heterocycles. The lowest BCUT2D eigenvalue weighted by Crippen LogP contribution is -2.37. The first-order chi connectivity index (χ1) is 12.4. The molecule has 0 N–H and O–H groups in total. The van der Waals surface area contributed by atoms with Gasteiger partial charge in [0.1, 0.15) is 0 Å². The topological polar surface area (TPSA) is 102 Å². The Balaban J connectivity index is 2.36. The number of aryl methyl sites for hydroxylation is 2. The lowest BCUT2D eigenvalue weighted by atomic mass is 10.1. The molecule has 0 bridgehead atoms. The highest BCUT2D eigenvalue weighted by Gasteiger charge is 2.19. The molecule has 2 aromatic heterocycles. The molecule has 26 heavy (non-hydrogen) atoms. The van der Waals surface area contributed by atoms with Crippen LogP contribution in [-0.4, -0.2) is 30.4 Å². The Bertz CT molecular complexity index is 897. The Hall–Kier alpha value is -2.03. The van der Waals surface area contributed by atoms with E-state index >= 15 is 0 Å². The van der Waals surface area contributed by atoms with Crippen molar-refractivity contribution in [3.63, 3.8) is 0 Å². The van der Waals surface area contributed by atoms with Crippen molar-refractivity contribution in [3.05, 3.63) is 20.8 Å². The van der Waals surface area contributed by atoms with Crippen LogP contribution in [0.2, 0.25) is 0 Å². The summed E-state index contributed by atoms with van der Waals surface area (Å²) in [6.07, 6.45) is 6.59. The van der Waals surface area contributed by atoms with Crippen molar-refractivity contribution in [1.82, 2.24) is 18.7 Å². The van der Waals surface area contributed by atoms with Crippen LogP contribution in [0, 0.1) is 0 Å². The number of fused-ring (bicyclic) bond motifs is 1. The molecule has 0 amide bonds. The minimum atomic E-state index is -1.20. The Morgan fingerprint density at radius 1 is 1.08 bits per heavy atom. The molecule has 9 heteroatoms. The molecule has 2 rings (SSSR count). The smallest absolute Gasteiger partial charge is 0.332 e. The second-order valence-electron chi connectivity index (χ2n) is 6.35. The lowest BCUT2D eigenvalue weighted by molar-refractivity contribution is -0.301. The Labute approximate surface area is 155 Å². The molecule has 0 unspecified atom stereocenters. The van der Waals surface area contributed by atoms with Crippen LogP contribution < -0.4 is 16.4 Å². The van der Waals surface area contributed by atoms with E-state index in [1.165, 1.54) is 30.9 Å². The van der Waals surface area contributed by atoms with Crippen molar-refractivity contribution < 1.29 is 9.90 Å². The van der Waals surface area contributed by atoms with Crippen molar-refractivity contribution in [1.29, 1.82) is 0 Å². The number of carbonyl (C=O) groups is 1. The molecule has 0 saturated heterocycles. The van der Waals surface area contributed by atoms with Gasteiger partial charge < -0.3 is 14.5 Å². The maximum Gasteiger partial charge on any atom is 0.332 e. The summed E-state index contributed by atoms with van der Waals surface area (Å²) in [5.41, 5.74) is -0.251. The Morgan fingerprint density at radius 3 is 2.38 bits per heavy atom. The molecule has 0 aromatic carbocycles. The zero-order chi connectivity index (χ0) is 19.3. The monoisotopic (exact) mass is 381 g/mol. The standard InChI is InChI=1S/C17H26N4O4S/c1-4-5-6-7-8-9-10-21-13-14(18-16(21)26-11-12(22)23)19(2)17(25)20(3)15(13)24/h4-11H2,1-3H3,(H,22,23)/p-1. The van der Waals surface area contributed by atoms with E-state index in [-0.39, 0.29) is 11.4 Å². The summed E-state index contributed by atoms with van der Waals surface area (Å²) in [7, 11) is 2.99. The van der Waals surface area contributed by atoms with Crippen molar-refractivity contribution >= 4 is 28.9 Å². The van der Waals surface area contributed by atoms with Crippen molar-refractivity contribution in [2.24, 2.45) is 14.1 Å². The van der Waals surface area contributed by atoms with Crippen LogP contribution in [0.3, 0.4) is 0 Å². The van der Waals surface area contributed by atoms with Gasteiger partial charge in [-0.3, -0.25) is 13.9 Å². The molecule has 0 aliphatic rings. The fourth-order valence-electron chi connectivity index (χ4n) is 2.92. The van der Waals surface area contributed by atoms with Gasteiger partial charge in [0.25, 0.3) is 5.56 Å². The van der Waals surface area contributed by atoms with Gasteiger partial charge in [-0.15, -0.1) is 0 Å². The number of carbonyl (C=O) groups excluding carboxylic acids is 1. The number of hydrogen-bond acceptors (Lipinski definition) is 6. The quantitative estimate of drug-likeness (QED) is 0.442. The van der Waals surface area contributed by atoms with Crippen LogP contribution in [0.25, 0.3) is 11.2 Å². The zero-order valence-corrected chi connectivity index (χ0v) is 16.3. The van der Waals surface area contributed by atoms with Gasteiger partial charge in [-0.2, -0.15) is 0 Å². The summed E-state index contributed by atoms with van der Waals surface area (Å²) in [6, 6.07) is 0. The van der Waals surface area contributed by atoms with Gasteiger partial charge in [-0.25, -0.2) is 9.78 Å². The summed E-state index contributed by atoms with van der Waals surface area (Å²) >= 11 is 1.01. The number of hydrogen-bond donors (Lipinski definition) is 0. The van der Waals surface area contributed by atoms with Crippen LogP contribution in [-0.2, 0) is 25.4 Å². The SMILES string of the molecule is CCCCCCCCn1c(SCC(=O)[O-])nc2c1c(=O)n(C)c(=O)n2C. The highest BCUT2D eigenvalue weighted by molar-refractivity contribution is 7.99. The van der Waals surface area contributed by atoms with Crippen LogP contribution in [0.15, 0.2) is 14.7 Å². The number of unbranched alkanes of at least 4 members (excludes halogenated alkanes) is 5. The molecule has 0 aliphatic heterocycles. The van der Waals surface area contributed by atoms with E-state index in [0.717, 1.165) is 35.6 Å². The molecule has 0 fully saturated rings. The lowest BCUT2D eigenvalue weighted by Gasteiger charge is -2.09. The van der Waals surface area contributed by atoms with E-state index in [4.69, 9.17) is 0 Å². The highest BCUT2D eigenvalue weighted by atomic mass is 32.2. The van der Waals surface area contributed by atoms with Crippen molar-refractivity contribution in [2.75, 3.05) is 5.75 Å². The Kier molecular flexibility index (Phi) is 7.07. The predicted molar refractivity (Wildman–Crippen MR) is 99.3 cm³/mol. The van der Waals surface area contributed by atoms with E-state index in [2.05, 4.69) is 11.9 Å². The largest absolute Gasteiger partial charge is 0.549 e. The minimum Gasteiger partial charge on any atom is -0.549 e. The van der Waals surface area contributed by atoms with Gasteiger partial charge >= 0.3 is 5.69 Å². The summed E-state index contributed by atoms with van der Waals surface area (Å²) in [5.74, 6) is -1.45. The van der Waals surface area contributed by atoms with E-state index in [1.807, 2.05) is 0 Å². The molecular formula is C17H25N4O4S-. The van der Waals surface area contributed by atoms with Crippen LogP contribution in [0.1, 0.15) is 45.4 Å². The van der Waals surface area contributed by atoms with E-state index < -0.39 is 17.2 Å². The van der Waals surface area contributed by atoms with Gasteiger partial charge in [0.05, 0.1) is 5.97 Å². The van der Waals surface area contributed by atoms with Gasteiger partial charge in [-0.05, 0) is 6.42 Å². The maximum absolute atomic E-state index is 12.6. The molecule has 2 aromatic rings. The number of aliphatic carboxylic acids is 1. The number of rotatable bonds is 10. The average molecular weight is 381 g/mol. The molecule has 0 aliphatic carbocycles. The molecule has 0 atom stereocenters. The number of carboxylic acid groups (broad SMARTS) is 1. The highest BCUT2D eigenvalue weighted by Crippen LogP contribution is 2.22. The summed E-state index contributed by atoms with van der Waals surface area (Å²) < 4.78 is 4.11. The Morgan fingerprint density at radius 2 is 1.73 bits per heavy atom. The summed E-state index contributed by atoms with van der Waals surface area (Å²) in [5, 5.41) is 11.2. The van der Waals surface area contributed by atoms with E-state index in [9.17, 15) is 19.5 Å². The van der Waals surface area contributed by atoms with Crippen molar-refractivity contribution in [3.8, 4) is 0 Å². The first kappa shape index (κ1) is 20.3. The van der Waals surface area contributed by atoms with Gasteiger partial charge in [0.15, 0.2) is 16.3 Å². The maximum atomic E-state index is 12.6. The zero-order valence-electron chi connectivity index (χ0n) is 15.5. The molecule has 0 spiro atoms. The average Bonchev–Trinajstić information content (AvgIpc) is 2.98. The number of imidazole rings is 1.